The lowest BCUT2D eigenvalue weighted by atomic mass is 9.87. The summed E-state index contributed by atoms with van der Waals surface area (Å²) in [5.41, 5.74) is 1.09. The SMILES string of the molecule is CCC(CNC(=O)NCC1CCCC(O)C1)Oc1ccccc1C. The lowest BCUT2D eigenvalue weighted by Gasteiger charge is -2.26. The Morgan fingerprint density at radius 2 is 2.12 bits per heavy atom. The quantitative estimate of drug-likeness (QED) is 0.718. The zero-order chi connectivity index (χ0) is 17.4. The number of urea groups is 1. The van der Waals surface area contributed by atoms with Gasteiger partial charge in [0.1, 0.15) is 11.9 Å². The predicted octanol–water partition coefficient (Wildman–Crippen LogP) is 3.00. The largest absolute Gasteiger partial charge is 0.488 e. The van der Waals surface area contributed by atoms with Gasteiger partial charge in [0.25, 0.3) is 0 Å². The molecule has 0 heterocycles. The standard InChI is InChI=1S/C19H30N2O3/c1-3-17(24-18-10-5-4-7-14(18)2)13-21-19(23)20-12-15-8-6-9-16(22)11-15/h4-5,7,10,15-17,22H,3,6,8-9,11-13H2,1-2H3,(H2,20,21,23). The minimum atomic E-state index is -0.208. The molecule has 1 aliphatic carbocycles. The summed E-state index contributed by atoms with van der Waals surface area (Å²) in [6.45, 7) is 5.16. The van der Waals surface area contributed by atoms with E-state index in [-0.39, 0.29) is 18.2 Å². The monoisotopic (exact) mass is 334 g/mol. The van der Waals surface area contributed by atoms with Gasteiger partial charge in [-0.2, -0.15) is 0 Å². The lowest BCUT2D eigenvalue weighted by Crippen LogP contribution is -2.43. The highest BCUT2D eigenvalue weighted by molar-refractivity contribution is 5.73. The Kier molecular flexibility index (Phi) is 7.37. The lowest BCUT2D eigenvalue weighted by molar-refractivity contribution is 0.101. The molecule has 3 N–H and O–H groups in total. The summed E-state index contributed by atoms with van der Waals surface area (Å²) >= 11 is 0. The van der Waals surface area contributed by atoms with E-state index in [1.54, 1.807) is 0 Å². The minimum Gasteiger partial charge on any atom is -0.488 e. The normalized spacial score (nSPS) is 21.8. The van der Waals surface area contributed by atoms with Crippen LogP contribution in [-0.4, -0.2) is 36.4 Å². The van der Waals surface area contributed by atoms with E-state index in [1.165, 1.54) is 0 Å². The highest BCUT2D eigenvalue weighted by Crippen LogP contribution is 2.23. The molecule has 1 saturated carbocycles. The highest BCUT2D eigenvalue weighted by atomic mass is 16.5. The Morgan fingerprint density at radius 1 is 1.33 bits per heavy atom. The number of benzene rings is 1. The van der Waals surface area contributed by atoms with Gasteiger partial charge in [-0.05, 0) is 50.2 Å². The molecule has 0 aliphatic heterocycles. The van der Waals surface area contributed by atoms with Gasteiger partial charge in [0.15, 0.2) is 0 Å². The summed E-state index contributed by atoms with van der Waals surface area (Å²) < 4.78 is 5.98. The van der Waals surface area contributed by atoms with Crippen LogP contribution in [0.4, 0.5) is 4.79 Å². The van der Waals surface area contributed by atoms with Crippen molar-refractivity contribution in [2.24, 2.45) is 5.92 Å². The molecular formula is C19H30N2O3. The average molecular weight is 334 g/mol. The van der Waals surface area contributed by atoms with Crippen LogP contribution in [0.3, 0.4) is 0 Å². The van der Waals surface area contributed by atoms with Crippen molar-refractivity contribution in [2.45, 2.75) is 58.2 Å². The van der Waals surface area contributed by atoms with E-state index in [0.717, 1.165) is 43.4 Å². The summed E-state index contributed by atoms with van der Waals surface area (Å²) in [4.78, 5) is 12.0. The number of hydrogen-bond acceptors (Lipinski definition) is 3. The maximum Gasteiger partial charge on any atom is 0.314 e. The van der Waals surface area contributed by atoms with Crippen molar-refractivity contribution < 1.29 is 14.6 Å². The first-order chi connectivity index (χ1) is 11.6. The number of ether oxygens (including phenoxy) is 1. The number of aliphatic hydroxyl groups is 1. The fourth-order valence-electron chi connectivity index (χ4n) is 3.09. The number of carbonyl (C=O) groups is 1. The van der Waals surface area contributed by atoms with Gasteiger partial charge in [-0.3, -0.25) is 0 Å². The van der Waals surface area contributed by atoms with E-state index < -0.39 is 0 Å². The summed E-state index contributed by atoms with van der Waals surface area (Å²) in [6, 6.07) is 7.74. The first kappa shape index (κ1) is 18.6. The molecule has 1 aromatic rings. The molecule has 0 spiro atoms. The van der Waals surface area contributed by atoms with E-state index in [0.29, 0.717) is 19.0 Å². The van der Waals surface area contributed by atoms with Gasteiger partial charge in [0.05, 0.1) is 12.6 Å². The van der Waals surface area contributed by atoms with Gasteiger partial charge in [0, 0.05) is 6.54 Å². The summed E-state index contributed by atoms with van der Waals surface area (Å²) in [6.07, 6.45) is 4.35. The molecule has 1 fully saturated rings. The topological polar surface area (TPSA) is 70.6 Å². The van der Waals surface area contributed by atoms with Crippen molar-refractivity contribution in [3.8, 4) is 5.75 Å². The van der Waals surface area contributed by atoms with E-state index in [4.69, 9.17) is 4.74 Å². The van der Waals surface area contributed by atoms with E-state index in [1.807, 2.05) is 38.1 Å². The second kappa shape index (κ2) is 9.52. The molecule has 0 radical (unpaired) electrons. The number of aliphatic hydroxyl groups excluding tert-OH is 1. The Bertz CT molecular complexity index is 521. The van der Waals surface area contributed by atoms with Crippen LogP contribution in [0, 0.1) is 12.8 Å². The molecule has 2 amide bonds. The molecule has 1 aromatic carbocycles. The van der Waals surface area contributed by atoms with Crippen LogP contribution >= 0.6 is 0 Å². The summed E-state index contributed by atoms with van der Waals surface area (Å²) in [5.74, 6) is 1.24. The Hall–Kier alpha value is -1.75. The molecule has 5 nitrogen and oxygen atoms in total. The number of nitrogens with one attached hydrogen (secondary N) is 2. The Morgan fingerprint density at radius 3 is 2.83 bits per heavy atom. The molecular weight excluding hydrogens is 304 g/mol. The summed E-state index contributed by atoms with van der Waals surface area (Å²) in [5, 5.41) is 15.5. The molecule has 0 bridgehead atoms. The van der Waals surface area contributed by atoms with Gasteiger partial charge >= 0.3 is 6.03 Å². The molecule has 0 saturated heterocycles. The van der Waals surface area contributed by atoms with Crippen molar-refractivity contribution in [1.29, 1.82) is 0 Å². The molecule has 5 heteroatoms. The maximum atomic E-state index is 12.0. The first-order valence-electron chi connectivity index (χ1n) is 9.00. The average Bonchev–Trinajstić information content (AvgIpc) is 2.58. The molecule has 1 aliphatic rings. The van der Waals surface area contributed by atoms with Gasteiger partial charge in [-0.15, -0.1) is 0 Å². The van der Waals surface area contributed by atoms with Gasteiger partial charge in [0.2, 0.25) is 0 Å². The zero-order valence-electron chi connectivity index (χ0n) is 14.8. The van der Waals surface area contributed by atoms with Crippen molar-refractivity contribution >= 4 is 6.03 Å². The molecule has 2 rings (SSSR count). The third-order valence-electron chi connectivity index (χ3n) is 4.64. The van der Waals surface area contributed by atoms with Crippen LogP contribution in [-0.2, 0) is 0 Å². The number of aryl methyl sites for hydroxylation is 1. The minimum absolute atomic E-state index is 0.0478. The highest BCUT2D eigenvalue weighted by Gasteiger charge is 2.20. The molecule has 3 atom stereocenters. The zero-order valence-corrected chi connectivity index (χ0v) is 14.8. The van der Waals surface area contributed by atoms with Crippen molar-refractivity contribution in [3.63, 3.8) is 0 Å². The number of rotatable bonds is 7. The first-order valence-corrected chi connectivity index (χ1v) is 9.00. The van der Waals surface area contributed by atoms with E-state index in [2.05, 4.69) is 10.6 Å². The number of para-hydroxylation sites is 1. The van der Waals surface area contributed by atoms with E-state index in [9.17, 15) is 9.90 Å². The molecule has 3 unspecified atom stereocenters. The smallest absolute Gasteiger partial charge is 0.314 e. The van der Waals surface area contributed by atoms with Gasteiger partial charge in [-0.25, -0.2) is 4.79 Å². The van der Waals surface area contributed by atoms with Crippen LogP contribution in [0.1, 0.15) is 44.6 Å². The Labute approximate surface area is 144 Å². The molecule has 0 aromatic heterocycles. The van der Waals surface area contributed by atoms with E-state index >= 15 is 0 Å². The second-order valence-electron chi connectivity index (χ2n) is 6.69. The number of carbonyl (C=O) groups excluding carboxylic acids is 1. The maximum absolute atomic E-state index is 12.0. The van der Waals surface area contributed by atoms with Crippen molar-refractivity contribution in [2.75, 3.05) is 13.1 Å². The van der Waals surface area contributed by atoms with Crippen LogP contribution in [0.2, 0.25) is 0 Å². The van der Waals surface area contributed by atoms with Crippen LogP contribution < -0.4 is 15.4 Å². The van der Waals surface area contributed by atoms with Gasteiger partial charge in [-0.1, -0.05) is 31.5 Å². The third-order valence-corrected chi connectivity index (χ3v) is 4.64. The summed E-state index contributed by atoms with van der Waals surface area (Å²) in [7, 11) is 0. The third kappa shape index (κ3) is 6.04. The van der Waals surface area contributed by atoms with Crippen molar-refractivity contribution in [1.82, 2.24) is 10.6 Å². The van der Waals surface area contributed by atoms with Crippen LogP contribution in [0.15, 0.2) is 24.3 Å². The Balaban J connectivity index is 1.70. The molecule has 134 valence electrons. The van der Waals surface area contributed by atoms with Crippen molar-refractivity contribution in [3.05, 3.63) is 29.8 Å². The molecule has 24 heavy (non-hydrogen) atoms. The second-order valence-corrected chi connectivity index (χ2v) is 6.69. The number of amides is 2. The fraction of sp³-hybridized carbons (Fsp3) is 0.632. The van der Waals surface area contributed by atoms with Gasteiger partial charge < -0.3 is 20.5 Å². The fourth-order valence-corrected chi connectivity index (χ4v) is 3.09. The number of hydrogen-bond donors (Lipinski definition) is 3. The van der Waals surface area contributed by atoms with Crippen LogP contribution in [0.5, 0.6) is 5.75 Å². The predicted molar refractivity (Wildman–Crippen MR) is 95.3 cm³/mol. The van der Waals surface area contributed by atoms with Crippen LogP contribution in [0.25, 0.3) is 0 Å².